The van der Waals surface area contributed by atoms with E-state index in [1.54, 1.807) is 7.11 Å². The first kappa shape index (κ1) is 15.3. The zero-order valence-electron chi connectivity index (χ0n) is 11.2. The van der Waals surface area contributed by atoms with Crippen LogP contribution in [0.5, 0.6) is 11.5 Å². The first-order valence-electron chi connectivity index (χ1n) is 6.01. The maximum absolute atomic E-state index is 11.8. The predicted molar refractivity (Wildman–Crippen MR) is 71.5 cm³/mol. The molecule has 1 aromatic carbocycles. The van der Waals surface area contributed by atoms with E-state index >= 15 is 0 Å². The van der Waals surface area contributed by atoms with Crippen molar-refractivity contribution in [3.05, 3.63) is 23.8 Å². The third kappa shape index (κ3) is 5.58. The van der Waals surface area contributed by atoms with Crippen molar-refractivity contribution < 1.29 is 19.7 Å². The Morgan fingerprint density at radius 2 is 1.89 bits per heavy atom. The molecule has 6 heteroatoms. The van der Waals surface area contributed by atoms with Crippen molar-refractivity contribution in [1.82, 2.24) is 10.2 Å². The van der Waals surface area contributed by atoms with Gasteiger partial charge in [0.05, 0.1) is 6.61 Å². The largest absolute Gasteiger partial charge is 0.508 e. The molecule has 0 aliphatic heterocycles. The molecule has 0 aromatic heterocycles. The van der Waals surface area contributed by atoms with Crippen LogP contribution in [0.4, 0.5) is 0 Å². The number of hydrogen-bond donors (Lipinski definition) is 3. The molecule has 106 valence electrons. The number of nitrogens with zero attached hydrogens (tertiary/aromatic N) is 1. The van der Waals surface area contributed by atoms with Crippen LogP contribution in [-0.4, -0.2) is 61.4 Å². The number of phenolic OH excluding ortho intramolecular Hbond substituents is 2. The summed E-state index contributed by atoms with van der Waals surface area (Å²) in [6, 6.07) is 3.79. The van der Waals surface area contributed by atoms with Gasteiger partial charge in [-0.2, -0.15) is 0 Å². The van der Waals surface area contributed by atoms with Crippen LogP contribution in [-0.2, 0) is 4.74 Å². The highest BCUT2D eigenvalue weighted by Crippen LogP contribution is 2.20. The van der Waals surface area contributed by atoms with E-state index in [-0.39, 0.29) is 23.0 Å². The van der Waals surface area contributed by atoms with Gasteiger partial charge in [-0.1, -0.05) is 0 Å². The number of likely N-dealkylation sites (N-methyl/N-ethyl adjacent to an activating group) is 1. The van der Waals surface area contributed by atoms with Crippen LogP contribution >= 0.6 is 0 Å². The summed E-state index contributed by atoms with van der Waals surface area (Å²) in [5, 5.41) is 21.3. The van der Waals surface area contributed by atoms with Crippen LogP contribution in [0, 0.1) is 0 Å². The monoisotopic (exact) mass is 268 g/mol. The van der Waals surface area contributed by atoms with E-state index < -0.39 is 0 Å². The molecule has 0 aliphatic rings. The molecule has 1 aromatic rings. The molecule has 0 unspecified atom stereocenters. The lowest BCUT2D eigenvalue weighted by Gasteiger charge is -2.16. The lowest BCUT2D eigenvalue weighted by atomic mass is 10.2. The molecule has 1 rings (SSSR count). The van der Waals surface area contributed by atoms with E-state index in [2.05, 4.69) is 5.32 Å². The van der Waals surface area contributed by atoms with Gasteiger partial charge < -0.3 is 25.2 Å². The lowest BCUT2D eigenvalue weighted by molar-refractivity contribution is 0.0946. The number of rotatable bonds is 7. The number of benzene rings is 1. The Bertz CT molecular complexity index is 403. The third-order valence-electron chi connectivity index (χ3n) is 2.62. The predicted octanol–water partition coefficient (Wildman–Crippen LogP) is 0.406. The maximum Gasteiger partial charge on any atom is 0.251 e. The quantitative estimate of drug-likeness (QED) is 0.667. The smallest absolute Gasteiger partial charge is 0.251 e. The lowest BCUT2D eigenvalue weighted by Crippen LogP contribution is -2.34. The summed E-state index contributed by atoms with van der Waals surface area (Å²) >= 11 is 0. The van der Waals surface area contributed by atoms with Crippen LogP contribution in [0.2, 0.25) is 0 Å². The van der Waals surface area contributed by atoms with Gasteiger partial charge in [0.15, 0.2) is 0 Å². The minimum atomic E-state index is -0.327. The van der Waals surface area contributed by atoms with E-state index in [1.807, 2.05) is 11.9 Å². The van der Waals surface area contributed by atoms with E-state index in [4.69, 9.17) is 4.74 Å². The van der Waals surface area contributed by atoms with Crippen LogP contribution < -0.4 is 5.32 Å². The normalized spacial score (nSPS) is 10.7. The Morgan fingerprint density at radius 1 is 1.26 bits per heavy atom. The van der Waals surface area contributed by atoms with Crippen molar-refractivity contribution in [1.29, 1.82) is 0 Å². The fraction of sp³-hybridized carbons (Fsp3) is 0.462. The molecule has 0 spiro atoms. The van der Waals surface area contributed by atoms with Gasteiger partial charge in [-0.25, -0.2) is 0 Å². The summed E-state index contributed by atoms with van der Waals surface area (Å²) < 4.78 is 4.95. The van der Waals surface area contributed by atoms with Gasteiger partial charge in [0.25, 0.3) is 5.91 Å². The fourth-order valence-corrected chi connectivity index (χ4v) is 1.55. The van der Waals surface area contributed by atoms with Crippen LogP contribution in [0.15, 0.2) is 18.2 Å². The molecule has 0 saturated heterocycles. The summed E-state index contributed by atoms with van der Waals surface area (Å²) in [6.45, 7) is 2.61. The number of nitrogens with one attached hydrogen (secondary N) is 1. The van der Waals surface area contributed by atoms with Crippen molar-refractivity contribution >= 4 is 5.91 Å². The standard InChI is InChI=1S/C13H20N2O4/c1-15(5-6-19-2)4-3-14-13(18)10-7-11(16)9-12(17)8-10/h7-9,16-17H,3-6H2,1-2H3,(H,14,18). The van der Waals surface area contributed by atoms with Crippen molar-refractivity contribution in [3.8, 4) is 11.5 Å². The van der Waals surface area contributed by atoms with Crippen molar-refractivity contribution in [2.45, 2.75) is 0 Å². The summed E-state index contributed by atoms with van der Waals surface area (Å²) in [7, 11) is 3.58. The molecule has 0 bridgehead atoms. The van der Waals surface area contributed by atoms with Crippen molar-refractivity contribution in [2.75, 3.05) is 40.4 Å². The Kier molecular flexibility index (Phi) is 6.11. The number of ether oxygens (including phenoxy) is 1. The number of phenols is 2. The first-order chi connectivity index (χ1) is 9.02. The van der Waals surface area contributed by atoms with Crippen LogP contribution in [0.3, 0.4) is 0 Å². The Labute approximate surface area is 112 Å². The van der Waals surface area contributed by atoms with Gasteiger partial charge in [0, 0.05) is 38.4 Å². The second-order valence-electron chi connectivity index (χ2n) is 4.29. The molecule has 3 N–H and O–H groups in total. The first-order valence-corrected chi connectivity index (χ1v) is 6.01. The molecule has 0 radical (unpaired) electrons. The molecule has 0 fully saturated rings. The minimum Gasteiger partial charge on any atom is -0.508 e. The number of amides is 1. The molecule has 0 aliphatic carbocycles. The Balaban J connectivity index is 2.39. The van der Waals surface area contributed by atoms with Gasteiger partial charge in [-0.15, -0.1) is 0 Å². The molecule has 1 amide bonds. The summed E-state index contributed by atoms with van der Waals surface area (Å²) in [5.74, 6) is -0.601. The highest BCUT2D eigenvalue weighted by atomic mass is 16.5. The number of carbonyl (C=O) groups excluding carboxylic acids is 1. The van der Waals surface area contributed by atoms with Crippen LogP contribution in [0.25, 0.3) is 0 Å². The molecule has 19 heavy (non-hydrogen) atoms. The zero-order chi connectivity index (χ0) is 14.3. The topological polar surface area (TPSA) is 82.0 Å². The van der Waals surface area contributed by atoms with Gasteiger partial charge in [-0.3, -0.25) is 4.79 Å². The van der Waals surface area contributed by atoms with E-state index in [1.165, 1.54) is 18.2 Å². The molecule has 0 atom stereocenters. The summed E-state index contributed by atoms with van der Waals surface area (Å²) in [4.78, 5) is 13.8. The van der Waals surface area contributed by atoms with Gasteiger partial charge in [0.2, 0.25) is 0 Å². The van der Waals surface area contributed by atoms with E-state index in [0.29, 0.717) is 19.7 Å². The highest BCUT2D eigenvalue weighted by molar-refractivity contribution is 5.95. The molecular weight excluding hydrogens is 248 g/mol. The highest BCUT2D eigenvalue weighted by Gasteiger charge is 2.08. The fourth-order valence-electron chi connectivity index (χ4n) is 1.55. The average molecular weight is 268 g/mol. The van der Waals surface area contributed by atoms with Crippen molar-refractivity contribution in [3.63, 3.8) is 0 Å². The van der Waals surface area contributed by atoms with Crippen molar-refractivity contribution in [2.24, 2.45) is 0 Å². The molecule has 6 nitrogen and oxygen atoms in total. The SMILES string of the molecule is COCCN(C)CCNC(=O)c1cc(O)cc(O)c1. The summed E-state index contributed by atoms with van der Waals surface area (Å²) in [5.41, 5.74) is 0.233. The maximum atomic E-state index is 11.8. The second kappa shape index (κ2) is 7.60. The Hall–Kier alpha value is -1.79. The van der Waals surface area contributed by atoms with Gasteiger partial charge in [0.1, 0.15) is 11.5 Å². The average Bonchev–Trinajstić information content (AvgIpc) is 2.35. The van der Waals surface area contributed by atoms with Gasteiger partial charge in [-0.05, 0) is 19.2 Å². The number of hydrogen-bond acceptors (Lipinski definition) is 5. The molecular formula is C13H20N2O4. The van der Waals surface area contributed by atoms with Crippen LogP contribution in [0.1, 0.15) is 10.4 Å². The number of aromatic hydroxyl groups is 2. The summed E-state index contributed by atoms with van der Waals surface area (Å²) in [6.07, 6.45) is 0. The minimum absolute atomic E-state index is 0.137. The van der Waals surface area contributed by atoms with E-state index in [9.17, 15) is 15.0 Å². The molecule has 0 saturated carbocycles. The number of methoxy groups -OCH3 is 1. The molecule has 0 heterocycles. The Morgan fingerprint density at radius 3 is 2.47 bits per heavy atom. The third-order valence-corrected chi connectivity index (χ3v) is 2.62. The zero-order valence-corrected chi connectivity index (χ0v) is 11.2. The second-order valence-corrected chi connectivity index (χ2v) is 4.29. The number of carbonyl (C=O) groups is 1. The van der Waals surface area contributed by atoms with E-state index in [0.717, 1.165) is 6.54 Å². The van der Waals surface area contributed by atoms with Gasteiger partial charge >= 0.3 is 0 Å².